The van der Waals surface area contributed by atoms with Crippen molar-refractivity contribution in [2.75, 3.05) is 0 Å². The third-order valence-corrected chi connectivity index (χ3v) is 6.37. The van der Waals surface area contributed by atoms with Gasteiger partial charge in [0.15, 0.2) is 0 Å². The van der Waals surface area contributed by atoms with Gasteiger partial charge in [-0.05, 0) is 49.8 Å². The number of ether oxygens (including phenoxy) is 1. The molecule has 2 aromatic rings. The van der Waals surface area contributed by atoms with E-state index in [1.807, 2.05) is 12.1 Å². The van der Waals surface area contributed by atoms with Gasteiger partial charge in [0, 0.05) is 6.04 Å². The summed E-state index contributed by atoms with van der Waals surface area (Å²) in [6.07, 6.45) is 7.89. The quantitative estimate of drug-likeness (QED) is 0.753. The van der Waals surface area contributed by atoms with Crippen LogP contribution in [0.3, 0.4) is 0 Å². The summed E-state index contributed by atoms with van der Waals surface area (Å²) in [4.78, 5) is 8.38. The fraction of sp³-hybridized carbons (Fsp3) is 0.474. The van der Waals surface area contributed by atoms with E-state index in [-0.39, 0.29) is 12.1 Å². The van der Waals surface area contributed by atoms with Crippen LogP contribution in [0.25, 0.3) is 0 Å². The minimum Gasteiger partial charge on any atom is -0.460 e. The second-order valence-electron chi connectivity index (χ2n) is 6.79. The highest BCUT2D eigenvalue weighted by Crippen LogP contribution is 2.24. The number of sulfonamides is 1. The van der Waals surface area contributed by atoms with Crippen molar-refractivity contribution in [3.8, 4) is 6.01 Å². The van der Waals surface area contributed by atoms with Crippen molar-refractivity contribution < 1.29 is 13.2 Å². The minimum absolute atomic E-state index is 0.0137. The van der Waals surface area contributed by atoms with Gasteiger partial charge in [0.2, 0.25) is 10.0 Å². The van der Waals surface area contributed by atoms with Gasteiger partial charge in [-0.15, -0.1) is 0 Å². The third kappa shape index (κ3) is 5.64. The number of nitrogens with zero attached hydrogens (tertiary/aromatic N) is 2. The van der Waals surface area contributed by atoms with Gasteiger partial charge >= 0.3 is 6.01 Å². The zero-order valence-corrected chi connectivity index (χ0v) is 16.8. The number of rotatable bonds is 7. The summed E-state index contributed by atoms with van der Waals surface area (Å²) in [5.74, 6) is 0. The molecule has 0 amide bonds. The zero-order valence-electron chi connectivity index (χ0n) is 15.3. The predicted molar refractivity (Wildman–Crippen MR) is 104 cm³/mol. The van der Waals surface area contributed by atoms with Crippen LogP contribution in [0.5, 0.6) is 6.01 Å². The Balaban J connectivity index is 1.52. The molecule has 1 fully saturated rings. The van der Waals surface area contributed by atoms with Crippen LogP contribution in [0.1, 0.15) is 44.6 Å². The minimum atomic E-state index is -3.50. The number of nitrogens with one attached hydrogen (secondary N) is 1. The lowest BCUT2D eigenvalue weighted by atomic mass is 9.94. The highest BCUT2D eigenvalue weighted by molar-refractivity contribution is 7.89. The van der Waals surface area contributed by atoms with Crippen LogP contribution in [-0.2, 0) is 16.4 Å². The Kier molecular flexibility index (Phi) is 6.68. The highest BCUT2D eigenvalue weighted by atomic mass is 35.5. The molecule has 1 saturated carbocycles. The maximum Gasteiger partial charge on any atom is 0.316 e. The van der Waals surface area contributed by atoms with Crippen LogP contribution in [0.15, 0.2) is 41.6 Å². The van der Waals surface area contributed by atoms with Crippen molar-refractivity contribution in [1.82, 2.24) is 14.7 Å². The van der Waals surface area contributed by atoms with Crippen molar-refractivity contribution in [3.63, 3.8) is 0 Å². The smallest absolute Gasteiger partial charge is 0.316 e. The van der Waals surface area contributed by atoms with Gasteiger partial charge in [0.25, 0.3) is 0 Å². The van der Waals surface area contributed by atoms with Crippen LogP contribution in [-0.4, -0.2) is 30.5 Å². The van der Waals surface area contributed by atoms with Gasteiger partial charge in [-0.1, -0.05) is 37.1 Å². The summed E-state index contributed by atoms with van der Waals surface area (Å²) in [6, 6.07) is 7.34. The van der Waals surface area contributed by atoms with Crippen molar-refractivity contribution in [1.29, 1.82) is 0 Å². The number of hydrogen-bond donors (Lipinski definition) is 1. The summed E-state index contributed by atoms with van der Waals surface area (Å²) >= 11 is 5.76. The summed E-state index contributed by atoms with van der Waals surface area (Å²) in [5, 5.41) is 0.461. The Labute approximate surface area is 165 Å². The Hall–Kier alpha value is -1.70. The van der Waals surface area contributed by atoms with E-state index in [2.05, 4.69) is 21.6 Å². The van der Waals surface area contributed by atoms with E-state index in [1.54, 1.807) is 12.1 Å². The first-order valence-corrected chi connectivity index (χ1v) is 11.1. The normalized spacial score (nSPS) is 20.4. The molecule has 27 heavy (non-hydrogen) atoms. The molecule has 0 atom stereocenters. The van der Waals surface area contributed by atoms with Gasteiger partial charge in [-0.2, -0.15) is 0 Å². The molecule has 0 saturated heterocycles. The summed E-state index contributed by atoms with van der Waals surface area (Å²) < 4.78 is 33.8. The standard InChI is InChI=1S/C19H24ClN3O3S/c1-2-3-14-4-10-18(11-5-14)27(24,25)23-16-6-8-17(9-7-16)26-19-21-12-15(20)13-22-19/h4-5,10-13,16-17,23H,2-3,6-9H2,1H3. The molecule has 0 spiro atoms. The Morgan fingerprint density at radius 1 is 1.11 bits per heavy atom. The molecule has 1 heterocycles. The number of halogens is 1. The lowest BCUT2D eigenvalue weighted by Gasteiger charge is -2.28. The molecule has 0 unspecified atom stereocenters. The van der Waals surface area contributed by atoms with E-state index in [9.17, 15) is 8.42 Å². The van der Waals surface area contributed by atoms with Gasteiger partial charge < -0.3 is 4.74 Å². The lowest BCUT2D eigenvalue weighted by Crippen LogP contribution is -2.39. The molecule has 8 heteroatoms. The first kappa shape index (κ1) is 20.0. The molecule has 6 nitrogen and oxygen atoms in total. The molecule has 146 valence electrons. The Morgan fingerprint density at radius 3 is 2.33 bits per heavy atom. The van der Waals surface area contributed by atoms with Crippen LogP contribution >= 0.6 is 11.6 Å². The Bertz CT molecular complexity index is 834. The van der Waals surface area contributed by atoms with Crippen LogP contribution in [0.4, 0.5) is 0 Å². The third-order valence-electron chi connectivity index (χ3n) is 4.64. The summed E-state index contributed by atoms with van der Waals surface area (Å²) in [6.45, 7) is 2.10. The molecule has 1 N–H and O–H groups in total. The topological polar surface area (TPSA) is 81.2 Å². The molecular weight excluding hydrogens is 386 g/mol. The van der Waals surface area contributed by atoms with Crippen LogP contribution in [0.2, 0.25) is 5.02 Å². The van der Waals surface area contributed by atoms with Gasteiger partial charge in [0.1, 0.15) is 6.10 Å². The average Bonchev–Trinajstić information content (AvgIpc) is 2.66. The molecular formula is C19H24ClN3O3S. The van der Waals surface area contributed by atoms with Gasteiger partial charge in [0.05, 0.1) is 22.3 Å². The van der Waals surface area contributed by atoms with E-state index < -0.39 is 10.0 Å². The monoisotopic (exact) mass is 409 g/mol. The number of hydrogen-bond acceptors (Lipinski definition) is 5. The van der Waals surface area contributed by atoms with E-state index in [4.69, 9.17) is 16.3 Å². The van der Waals surface area contributed by atoms with E-state index in [1.165, 1.54) is 12.4 Å². The molecule has 1 aliphatic rings. The van der Waals surface area contributed by atoms with Gasteiger partial charge in [-0.3, -0.25) is 0 Å². The predicted octanol–water partition coefficient (Wildman–Crippen LogP) is 3.75. The highest BCUT2D eigenvalue weighted by Gasteiger charge is 2.27. The molecule has 0 aliphatic heterocycles. The molecule has 1 aromatic carbocycles. The van der Waals surface area contributed by atoms with Crippen LogP contribution in [0, 0.1) is 0 Å². The summed E-state index contributed by atoms with van der Waals surface area (Å²) in [7, 11) is -3.50. The fourth-order valence-electron chi connectivity index (χ4n) is 3.22. The maximum absolute atomic E-state index is 12.6. The summed E-state index contributed by atoms with van der Waals surface area (Å²) in [5.41, 5.74) is 1.15. The first-order valence-electron chi connectivity index (χ1n) is 9.22. The van der Waals surface area contributed by atoms with Crippen molar-refractivity contribution in [2.45, 2.75) is 62.5 Å². The van der Waals surface area contributed by atoms with E-state index in [0.717, 1.165) is 31.2 Å². The largest absolute Gasteiger partial charge is 0.460 e. The molecule has 3 rings (SSSR count). The maximum atomic E-state index is 12.6. The lowest BCUT2D eigenvalue weighted by molar-refractivity contribution is 0.132. The van der Waals surface area contributed by atoms with E-state index >= 15 is 0 Å². The second-order valence-corrected chi connectivity index (χ2v) is 8.94. The van der Waals surface area contributed by atoms with Gasteiger partial charge in [-0.25, -0.2) is 23.1 Å². The molecule has 0 radical (unpaired) electrons. The first-order chi connectivity index (χ1) is 13.0. The van der Waals surface area contributed by atoms with Crippen LogP contribution < -0.4 is 9.46 Å². The molecule has 0 bridgehead atoms. The average molecular weight is 410 g/mol. The molecule has 1 aliphatic carbocycles. The SMILES string of the molecule is CCCc1ccc(S(=O)(=O)NC2CCC(Oc3ncc(Cl)cn3)CC2)cc1. The van der Waals surface area contributed by atoms with E-state index in [0.29, 0.717) is 28.8 Å². The Morgan fingerprint density at radius 2 is 1.74 bits per heavy atom. The van der Waals surface area contributed by atoms with Crippen molar-refractivity contribution in [3.05, 3.63) is 47.2 Å². The number of benzene rings is 1. The fourth-order valence-corrected chi connectivity index (χ4v) is 4.62. The second kappa shape index (κ2) is 8.99. The zero-order chi connectivity index (χ0) is 19.3. The molecule has 1 aromatic heterocycles. The number of aromatic nitrogens is 2. The van der Waals surface area contributed by atoms with Crippen molar-refractivity contribution >= 4 is 21.6 Å². The number of aryl methyl sites for hydroxylation is 1. The van der Waals surface area contributed by atoms with Crippen molar-refractivity contribution in [2.24, 2.45) is 0 Å².